The number of H-pyrrole nitrogens is 2. The van der Waals surface area contributed by atoms with E-state index in [1.165, 1.54) is 81.9 Å². The molecule has 0 aliphatic carbocycles. The largest absolute Gasteiger partial charge is 0.508 e. The summed E-state index contributed by atoms with van der Waals surface area (Å²) in [7, 11) is 0. The van der Waals surface area contributed by atoms with Crippen molar-refractivity contribution >= 4 is 104 Å². The summed E-state index contributed by atoms with van der Waals surface area (Å²) < 4.78 is 29.9. The number of thioether (sulfide) groups is 2. The third-order valence-electron chi connectivity index (χ3n) is 18.9. The van der Waals surface area contributed by atoms with Gasteiger partial charge in [0.05, 0.1) is 6.54 Å². The van der Waals surface area contributed by atoms with Crippen LogP contribution in [0.4, 0.5) is 8.78 Å². The number of aromatic nitrogens is 2. The molecule has 524 valence electrons. The van der Waals surface area contributed by atoms with Crippen LogP contribution < -0.4 is 43.4 Å². The number of unbranched alkanes of at least 4 members (excludes halogenated alkanes) is 1. The van der Waals surface area contributed by atoms with Gasteiger partial charge in [-0.2, -0.15) is 23.5 Å². The number of amides is 9. The lowest BCUT2D eigenvalue weighted by Crippen LogP contribution is -2.63. The first-order valence-electron chi connectivity index (χ1n) is 33.5. The highest BCUT2D eigenvalue weighted by Gasteiger charge is 2.49. The number of aromatic amines is 2. The Kier molecular flexibility index (Phi) is 25.6. The maximum Gasteiger partial charge on any atom is 0.246 e. The summed E-state index contributed by atoms with van der Waals surface area (Å²) in [5, 5.41) is 27.9. The predicted molar refractivity (Wildman–Crippen MR) is 371 cm³/mol. The summed E-state index contributed by atoms with van der Waals surface area (Å²) in [6.07, 6.45) is 5.33. The number of phenolic OH excluding ortho intramolecular Hbond substituents is 1. The number of benzene rings is 4. The molecule has 3 aliphatic heterocycles. The maximum absolute atomic E-state index is 15.5. The number of hydrogen-bond acceptors (Lipinski definition) is 14. The molecule has 0 spiro atoms. The van der Waals surface area contributed by atoms with Crippen LogP contribution in [0.25, 0.3) is 21.8 Å². The molecule has 23 nitrogen and oxygen atoms in total. The van der Waals surface area contributed by atoms with E-state index in [0.29, 0.717) is 101 Å². The fourth-order valence-electron chi connectivity index (χ4n) is 13.1. The number of hydrogen-bond donors (Lipinski definition) is 11. The molecule has 9 amide bonds. The maximum atomic E-state index is 15.5. The minimum atomic E-state index is -1.52. The quantitative estimate of drug-likeness (QED) is 0.0647. The van der Waals surface area contributed by atoms with Gasteiger partial charge in [0.25, 0.3) is 0 Å². The van der Waals surface area contributed by atoms with Crippen molar-refractivity contribution in [3.63, 3.8) is 0 Å². The van der Waals surface area contributed by atoms with E-state index in [4.69, 9.17) is 11.5 Å². The van der Waals surface area contributed by atoms with E-state index in [-0.39, 0.29) is 75.3 Å². The Bertz CT molecular complexity index is 3890. The van der Waals surface area contributed by atoms with E-state index in [1.807, 2.05) is 31.2 Å². The molecule has 2 saturated heterocycles. The Labute approximate surface area is 576 Å². The minimum Gasteiger partial charge on any atom is -0.508 e. The first kappa shape index (κ1) is 73.4. The van der Waals surface area contributed by atoms with Gasteiger partial charge in [-0.25, -0.2) is 8.78 Å². The number of Topliss-reactive ketones (excluding diaryl/α,β-unsaturated/α-hetero) is 1. The van der Waals surface area contributed by atoms with Gasteiger partial charge in [-0.15, -0.1) is 0 Å². The van der Waals surface area contributed by atoms with Gasteiger partial charge in [0.1, 0.15) is 65.0 Å². The number of nitrogens with one attached hydrogen (secondary N) is 8. The fraction of sp³-hybridized carbons (Fsp3) is 0.465. The van der Waals surface area contributed by atoms with Gasteiger partial charge in [-0.3, -0.25) is 47.9 Å². The molecule has 2 fully saturated rings. The summed E-state index contributed by atoms with van der Waals surface area (Å²) in [4.78, 5) is 154. The van der Waals surface area contributed by atoms with E-state index in [0.717, 1.165) is 11.1 Å². The number of phenols is 1. The van der Waals surface area contributed by atoms with Crippen molar-refractivity contribution in [1.29, 1.82) is 0 Å². The Morgan fingerprint density at radius 1 is 0.714 bits per heavy atom. The Morgan fingerprint density at radius 2 is 1.36 bits per heavy atom. The van der Waals surface area contributed by atoms with E-state index in [9.17, 15) is 42.7 Å². The van der Waals surface area contributed by atoms with Crippen molar-refractivity contribution in [3.8, 4) is 5.75 Å². The van der Waals surface area contributed by atoms with E-state index < -0.39 is 125 Å². The van der Waals surface area contributed by atoms with Gasteiger partial charge in [0, 0.05) is 108 Å². The summed E-state index contributed by atoms with van der Waals surface area (Å²) in [5.74, 6) is -7.72. The average molecular weight is 1390 g/mol. The lowest BCUT2D eigenvalue weighted by molar-refractivity contribution is -0.147. The second-order valence-corrected chi connectivity index (χ2v) is 28.1. The highest BCUT2D eigenvalue weighted by molar-refractivity contribution is 7.98. The zero-order valence-electron chi connectivity index (χ0n) is 55.4. The molecule has 6 aromatic rings. The molecule has 0 saturated carbocycles. The normalized spacial score (nSPS) is 24.2. The summed E-state index contributed by atoms with van der Waals surface area (Å²) in [6, 6.07) is 13.9. The molecule has 5 heterocycles. The van der Waals surface area contributed by atoms with Gasteiger partial charge in [0.2, 0.25) is 53.2 Å². The van der Waals surface area contributed by atoms with Crippen molar-refractivity contribution in [1.82, 2.24) is 51.7 Å². The zero-order chi connectivity index (χ0) is 70.2. The second-order valence-electron chi connectivity index (χ2n) is 26.0. The first-order valence-corrected chi connectivity index (χ1v) is 35.8. The van der Waals surface area contributed by atoms with Crippen LogP contribution in [0.2, 0.25) is 0 Å². The van der Waals surface area contributed by atoms with Gasteiger partial charge in [-0.1, -0.05) is 63.1 Å². The molecule has 0 radical (unpaired) electrons. The molecule has 13 N–H and O–H groups in total. The van der Waals surface area contributed by atoms with Crippen molar-refractivity contribution in [3.05, 3.63) is 137 Å². The molecule has 9 atom stereocenters. The number of aromatic hydroxyl groups is 1. The fourth-order valence-corrected chi connectivity index (χ4v) is 15.0. The van der Waals surface area contributed by atoms with Crippen molar-refractivity contribution in [2.75, 3.05) is 37.7 Å². The van der Waals surface area contributed by atoms with Crippen LogP contribution in [0.5, 0.6) is 5.75 Å². The topological polar surface area (TPSA) is 353 Å². The molecule has 2 aromatic heterocycles. The van der Waals surface area contributed by atoms with E-state index in [1.54, 1.807) is 38.4 Å². The average Bonchev–Trinajstić information content (AvgIpc) is 1.60. The summed E-state index contributed by atoms with van der Waals surface area (Å²) >= 11 is 2.91. The van der Waals surface area contributed by atoms with Crippen molar-refractivity contribution < 1.29 is 61.8 Å². The number of ketones is 1. The Balaban J connectivity index is 1.04. The molecule has 4 aromatic carbocycles. The second kappa shape index (κ2) is 34.1. The molecular weight excluding hydrogens is 1300 g/mol. The number of primary amides is 1. The zero-order valence-corrected chi connectivity index (χ0v) is 57.0. The number of carbonyl (C=O) groups is 10. The standard InChI is InChI=1S/C71H88F2N12O11S2/c1-4-41(2)62-67(93)81-57(29-42-14-18-50(86)19-15-42)69(95)85-26-9-23-71(85,3)70(96)82-59(63(75)89)40-98-39-44-11-7-10-43(28-44)38-97-27-22-51(87)30-45(12-5-6-24-74)64(90)78-37-61(88)79-56(31-46-35-76-54-20-16-48(72)33-52(46)54)65(91)80-58(68(94)84-25-8-13-60(84)66(92)83-62)32-47-36-77-55-21-17-49(73)34-53(47)55/h7,10-11,14-21,28,33-36,41,45,56-60,62,76-77,86H,4-6,8-9,12-13,22-27,29-32,37-40,74H2,1-3H3,(H2,75,89)(H,78,90)(H,79,88)(H,80,91)(H,81,93)(H,82,96)(H,83,92)/t41-,45+,56-,57-,58-,59-,60-,62-,71-/m0/s1. The number of carbonyl (C=O) groups excluding carboxylic acids is 10. The molecule has 9 rings (SSSR count). The molecule has 3 aliphatic rings. The minimum absolute atomic E-state index is 0.0171. The molecule has 0 unspecified atom stereocenters. The van der Waals surface area contributed by atoms with Crippen LogP contribution in [0, 0.1) is 23.5 Å². The smallest absolute Gasteiger partial charge is 0.246 e. The number of nitrogens with two attached hydrogens (primary N) is 2. The highest BCUT2D eigenvalue weighted by Crippen LogP contribution is 2.32. The van der Waals surface area contributed by atoms with Gasteiger partial charge >= 0.3 is 0 Å². The Hall–Kier alpha value is -8.82. The summed E-state index contributed by atoms with van der Waals surface area (Å²) in [6.45, 7) is 4.99. The number of rotatable bonds is 13. The molecule has 2 bridgehead atoms. The lowest BCUT2D eigenvalue weighted by atomic mass is 9.94. The van der Waals surface area contributed by atoms with Gasteiger partial charge < -0.3 is 68.2 Å². The first-order chi connectivity index (χ1) is 47.0. The monoisotopic (exact) mass is 1390 g/mol. The van der Waals surface area contributed by atoms with Crippen LogP contribution in [-0.2, 0) is 78.7 Å². The highest BCUT2D eigenvalue weighted by atomic mass is 32.2. The third kappa shape index (κ3) is 18.9. The molecular formula is C71H88F2N12O11S2. The third-order valence-corrected chi connectivity index (χ3v) is 21.0. The molecule has 27 heteroatoms. The Morgan fingerprint density at radius 3 is 2.01 bits per heavy atom. The SMILES string of the molecule is CC[C@H](C)[C@@H]1NC(=O)[C@@H]2CCCN2C(=O)[C@H](Cc2c[nH]c3ccc(F)cc23)NC(=O)[C@H](Cc2c[nH]c3ccc(F)cc23)NC(=O)CNC(=O)[C@H](CCCCN)CC(=O)CCSCc2cccc(c2)CSC[C@@H](C(N)=O)NC(=O)[C@]2(C)CCCN2C(=O)[C@H](Cc2ccc(O)cc2)NC1=O. The van der Waals surface area contributed by atoms with E-state index >= 15 is 19.2 Å². The number of nitrogens with zero attached hydrogens (tertiary/aromatic N) is 2. The predicted octanol–water partition coefficient (Wildman–Crippen LogP) is 5.38. The van der Waals surface area contributed by atoms with Crippen LogP contribution in [0.15, 0.2) is 97.3 Å². The molecule has 98 heavy (non-hydrogen) atoms. The van der Waals surface area contributed by atoms with Crippen LogP contribution in [-0.4, -0.2) is 163 Å². The number of fused-ring (bicyclic) bond motifs is 6. The van der Waals surface area contributed by atoms with Crippen LogP contribution in [0.3, 0.4) is 0 Å². The van der Waals surface area contributed by atoms with Crippen LogP contribution in [0.1, 0.15) is 113 Å². The van der Waals surface area contributed by atoms with Crippen LogP contribution >= 0.6 is 23.5 Å². The summed E-state index contributed by atoms with van der Waals surface area (Å²) in [5.41, 5.74) is 14.5. The van der Waals surface area contributed by atoms with Gasteiger partial charge in [0.15, 0.2) is 0 Å². The van der Waals surface area contributed by atoms with E-state index in [2.05, 4.69) is 41.9 Å². The van der Waals surface area contributed by atoms with Gasteiger partial charge in [-0.05, 0) is 134 Å². The number of halogens is 2. The van der Waals surface area contributed by atoms with Crippen molar-refractivity contribution in [2.45, 2.75) is 158 Å². The van der Waals surface area contributed by atoms with Crippen molar-refractivity contribution in [2.24, 2.45) is 23.3 Å². The lowest BCUT2D eigenvalue weighted by Gasteiger charge is -2.37.